The van der Waals surface area contributed by atoms with Crippen molar-refractivity contribution in [3.8, 4) is 17.2 Å². The van der Waals surface area contributed by atoms with Gasteiger partial charge in [0.1, 0.15) is 12.4 Å². The lowest BCUT2D eigenvalue weighted by molar-refractivity contribution is -0.139. The third-order valence-electron chi connectivity index (χ3n) is 7.36. The van der Waals surface area contributed by atoms with Crippen LogP contribution in [0.25, 0.3) is 6.08 Å². The van der Waals surface area contributed by atoms with Gasteiger partial charge in [0.15, 0.2) is 16.3 Å². The molecule has 1 atom stereocenters. The maximum Gasteiger partial charge on any atom is 0.338 e. The number of carbonyl (C=O) groups excluding carboxylic acids is 1. The van der Waals surface area contributed by atoms with E-state index in [0.29, 0.717) is 62.5 Å². The van der Waals surface area contributed by atoms with Crippen LogP contribution in [0.5, 0.6) is 17.2 Å². The third kappa shape index (κ3) is 6.95. The van der Waals surface area contributed by atoms with Gasteiger partial charge in [0.2, 0.25) is 0 Å². The number of methoxy groups -OCH3 is 1. The van der Waals surface area contributed by atoms with E-state index in [0.717, 1.165) is 22.3 Å². The number of ether oxygens (including phenoxy) is 4. The minimum Gasteiger partial charge on any atom is -0.497 e. The highest BCUT2D eigenvalue weighted by Gasteiger charge is 2.33. The van der Waals surface area contributed by atoms with Gasteiger partial charge in [-0.05, 0) is 86.4 Å². The van der Waals surface area contributed by atoms with Crippen LogP contribution in [-0.2, 0) is 22.6 Å². The van der Waals surface area contributed by atoms with Crippen molar-refractivity contribution in [2.45, 2.75) is 39.8 Å². The van der Waals surface area contributed by atoms with Crippen molar-refractivity contribution in [1.82, 2.24) is 4.57 Å². The van der Waals surface area contributed by atoms with Gasteiger partial charge in [0.25, 0.3) is 5.56 Å². The van der Waals surface area contributed by atoms with Crippen LogP contribution in [0, 0.1) is 0 Å². The molecule has 4 aromatic rings. The Bertz CT molecular complexity index is 1960. The number of halogens is 1. The summed E-state index contributed by atoms with van der Waals surface area (Å²) in [4.78, 5) is 32.5. The number of carbonyl (C=O) groups is 1. The minimum atomic E-state index is -0.720. The molecule has 8 nitrogen and oxygen atoms in total. The molecule has 1 aliphatic heterocycles. The second-order valence-electron chi connectivity index (χ2n) is 10.4. The number of benzene rings is 3. The van der Waals surface area contributed by atoms with Crippen LogP contribution < -0.4 is 29.1 Å². The molecule has 5 rings (SSSR count). The molecule has 0 aliphatic carbocycles. The molecule has 0 saturated carbocycles. The smallest absolute Gasteiger partial charge is 0.338 e. The summed E-state index contributed by atoms with van der Waals surface area (Å²) in [6.07, 6.45) is 4.14. The summed E-state index contributed by atoms with van der Waals surface area (Å²) in [6.45, 7) is 10.3. The number of nitrogens with zero attached hydrogens (tertiary/aromatic N) is 2. The zero-order valence-electron chi connectivity index (χ0n) is 26.2. The van der Waals surface area contributed by atoms with Crippen molar-refractivity contribution in [3.05, 3.63) is 132 Å². The summed E-state index contributed by atoms with van der Waals surface area (Å²) >= 11 is 7.31. The molecule has 0 spiro atoms. The lowest BCUT2D eigenvalue weighted by Gasteiger charge is -2.24. The summed E-state index contributed by atoms with van der Waals surface area (Å²) in [5.74, 6) is 1.33. The number of thiazole rings is 1. The largest absolute Gasteiger partial charge is 0.497 e. The summed E-state index contributed by atoms with van der Waals surface area (Å²) in [5.41, 5.74) is 3.87. The molecule has 0 N–H and O–H groups in total. The molecule has 2 heterocycles. The van der Waals surface area contributed by atoms with Crippen molar-refractivity contribution in [2.24, 2.45) is 4.99 Å². The number of hydrogen-bond donors (Lipinski definition) is 0. The van der Waals surface area contributed by atoms with Gasteiger partial charge in [-0.25, -0.2) is 9.79 Å². The van der Waals surface area contributed by atoms with E-state index in [-0.39, 0.29) is 12.2 Å². The van der Waals surface area contributed by atoms with Crippen molar-refractivity contribution in [2.75, 3.05) is 20.3 Å². The highest BCUT2D eigenvalue weighted by Crippen LogP contribution is 2.35. The average Bonchev–Trinajstić information content (AvgIpc) is 3.34. The molecule has 0 bridgehead atoms. The first-order chi connectivity index (χ1) is 22.3. The second kappa shape index (κ2) is 14.7. The molecule has 1 unspecified atom stereocenters. The fourth-order valence-electron chi connectivity index (χ4n) is 5.28. The highest BCUT2D eigenvalue weighted by atomic mass is 35.5. The van der Waals surface area contributed by atoms with Crippen LogP contribution in [0.2, 0.25) is 5.02 Å². The van der Waals surface area contributed by atoms with E-state index < -0.39 is 12.0 Å². The van der Waals surface area contributed by atoms with E-state index >= 15 is 0 Å². The van der Waals surface area contributed by atoms with Gasteiger partial charge in [0.05, 0.1) is 42.2 Å². The second-order valence-corrected chi connectivity index (χ2v) is 11.9. The number of aromatic nitrogens is 1. The summed E-state index contributed by atoms with van der Waals surface area (Å²) in [7, 11) is 1.59. The van der Waals surface area contributed by atoms with Gasteiger partial charge >= 0.3 is 5.97 Å². The lowest BCUT2D eigenvalue weighted by atomic mass is 9.96. The first kappa shape index (κ1) is 32.8. The maximum absolute atomic E-state index is 14.1. The molecule has 3 aromatic carbocycles. The molecule has 238 valence electrons. The van der Waals surface area contributed by atoms with E-state index in [1.807, 2.05) is 61.5 Å². The van der Waals surface area contributed by atoms with Gasteiger partial charge in [-0.1, -0.05) is 53.3 Å². The summed E-state index contributed by atoms with van der Waals surface area (Å²) in [5, 5.41) is 0.656. The van der Waals surface area contributed by atoms with Gasteiger partial charge in [-0.15, -0.1) is 6.58 Å². The molecule has 10 heteroatoms. The molecule has 0 fully saturated rings. The number of allylic oxidation sites excluding steroid dienone is 2. The van der Waals surface area contributed by atoms with Crippen molar-refractivity contribution < 1.29 is 23.7 Å². The Hall–Kier alpha value is -4.60. The van der Waals surface area contributed by atoms with Gasteiger partial charge in [-0.3, -0.25) is 9.36 Å². The zero-order chi connectivity index (χ0) is 32.8. The van der Waals surface area contributed by atoms with Crippen molar-refractivity contribution >= 4 is 35.0 Å². The molecule has 0 radical (unpaired) electrons. The molecule has 0 amide bonds. The van der Waals surface area contributed by atoms with E-state index in [1.165, 1.54) is 11.3 Å². The molecule has 1 aliphatic rings. The van der Waals surface area contributed by atoms with Gasteiger partial charge in [0, 0.05) is 10.6 Å². The zero-order valence-corrected chi connectivity index (χ0v) is 27.7. The lowest BCUT2D eigenvalue weighted by Crippen LogP contribution is -2.39. The summed E-state index contributed by atoms with van der Waals surface area (Å²) in [6, 6.07) is 17.9. The van der Waals surface area contributed by atoms with E-state index in [2.05, 4.69) is 11.6 Å². The molecule has 1 aromatic heterocycles. The molecular formula is C36H35ClN2O6S. The Morgan fingerprint density at radius 3 is 2.46 bits per heavy atom. The predicted octanol–water partition coefficient (Wildman–Crippen LogP) is 6.17. The van der Waals surface area contributed by atoms with Crippen LogP contribution in [0.15, 0.2) is 94.4 Å². The number of esters is 1. The van der Waals surface area contributed by atoms with E-state index in [9.17, 15) is 9.59 Å². The number of rotatable bonds is 12. The van der Waals surface area contributed by atoms with Gasteiger partial charge in [-0.2, -0.15) is 0 Å². The van der Waals surface area contributed by atoms with Gasteiger partial charge < -0.3 is 18.9 Å². The van der Waals surface area contributed by atoms with Crippen LogP contribution in [0.4, 0.5) is 0 Å². The van der Waals surface area contributed by atoms with Crippen LogP contribution in [0.3, 0.4) is 0 Å². The highest BCUT2D eigenvalue weighted by molar-refractivity contribution is 7.07. The Labute approximate surface area is 276 Å². The maximum atomic E-state index is 14.1. The normalized spacial score (nSPS) is 14.4. The topological polar surface area (TPSA) is 88.4 Å². The predicted molar refractivity (Wildman–Crippen MR) is 181 cm³/mol. The van der Waals surface area contributed by atoms with Crippen LogP contribution in [0.1, 0.15) is 49.1 Å². The Balaban J connectivity index is 1.61. The standard InChI is InChI=1S/C36H35ClN2O6S/c1-6-9-26-18-24(19-29(43-7-2)33(26)45-21-23-10-14-27(37)15-11-23)20-30-34(40)39-32(25-12-16-28(42-5)17-13-25)31(35(41)44-8-3)22(4)38-36(39)46-30/h6,10-20,32H,1,7-9,21H2,2-5H3. The fraction of sp³-hybridized carbons (Fsp3) is 0.250. The fourth-order valence-corrected chi connectivity index (χ4v) is 6.45. The minimum absolute atomic E-state index is 0.198. The quantitative estimate of drug-likeness (QED) is 0.134. The summed E-state index contributed by atoms with van der Waals surface area (Å²) < 4.78 is 25.1. The van der Waals surface area contributed by atoms with E-state index in [1.54, 1.807) is 43.7 Å². The number of hydrogen-bond acceptors (Lipinski definition) is 8. The molecular weight excluding hydrogens is 624 g/mol. The van der Waals surface area contributed by atoms with Crippen molar-refractivity contribution in [1.29, 1.82) is 0 Å². The van der Waals surface area contributed by atoms with Crippen LogP contribution in [-0.4, -0.2) is 30.9 Å². The Morgan fingerprint density at radius 1 is 1.07 bits per heavy atom. The first-order valence-electron chi connectivity index (χ1n) is 14.9. The molecule has 0 saturated heterocycles. The van der Waals surface area contributed by atoms with E-state index in [4.69, 9.17) is 30.5 Å². The molecule has 46 heavy (non-hydrogen) atoms. The average molecular weight is 659 g/mol. The SMILES string of the molecule is C=CCc1cc(C=c2sc3n(c2=O)C(c2ccc(OC)cc2)C(C(=O)OCC)=C(C)N=3)cc(OCC)c1OCc1ccc(Cl)cc1. The third-order valence-corrected chi connectivity index (χ3v) is 8.60. The van der Waals surface area contributed by atoms with Crippen molar-refractivity contribution in [3.63, 3.8) is 0 Å². The Morgan fingerprint density at radius 2 is 1.80 bits per heavy atom. The number of fused-ring (bicyclic) bond motifs is 1. The monoisotopic (exact) mass is 658 g/mol. The Kier molecular flexibility index (Phi) is 10.4. The first-order valence-corrected chi connectivity index (χ1v) is 16.1. The van der Waals surface area contributed by atoms with Crippen LogP contribution >= 0.6 is 22.9 Å².